The van der Waals surface area contributed by atoms with Crippen LogP contribution in [0.15, 0.2) is 29.2 Å². The lowest BCUT2D eigenvalue weighted by molar-refractivity contribution is 0.0495. The molecule has 0 atom stereocenters. The molecule has 1 aromatic rings. The number of para-hydroxylation sites is 1. The van der Waals surface area contributed by atoms with Gasteiger partial charge in [-0.2, -0.15) is 0 Å². The number of benzene rings is 1. The first-order valence-corrected chi connectivity index (χ1v) is 8.30. The molecule has 2 N–H and O–H groups in total. The van der Waals surface area contributed by atoms with E-state index in [0.717, 1.165) is 19.5 Å². The summed E-state index contributed by atoms with van der Waals surface area (Å²) in [7, 11) is -3.47. The molecule has 112 valence electrons. The van der Waals surface area contributed by atoms with Crippen LogP contribution < -0.4 is 10.1 Å². The van der Waals surface area contributed by atoms with Gasteiger partial charge in [0.25, 0.3) is 0 Å². The monoisotopic (exact) mass is 299 g/mol. The van der Waals surface area contributed by atoms with E-state index >= 15 is 0 Å². The Morgan fingerprint density at radius 3 is 2.65 bits per heavy atom. The van der Waals surface area contributed by atoms with Crippen molar-refractivity contribution in [2.24, 2.45) is 0 Å². The van der Waals surface area contributed by atoms with Crippen molar-refractivity contribution in [1.82, 2.24) is 9.73 Å². The van der Waals surface area contributed by atoms with Crippen LogP contribution in [0.3, 0.4) is 0 Å². The molecule has 0 aliphatic carbocycles. The van der Waals surface area contributed by atoms with Crippen LogP contribution in [0.2, 0.25) is 0 Å². The summed E-state index contributed by atoms with van der Waals surface area (Å²) in [4.78, 5) is 0.278. The Kier molecular flexibility index (Phi) is 5.36. The summed E-state index contributed by atoms with van der Waals surface area (Å²) in [5.74, 6) is 0. The van der Waals surface area contributed by atoms with Crippen molar-refractivity contribution in [2.45, 2.75) is 18.2 Å². The van der Waals surface area contributed by atoms with Crippen molar-refractivity contribution < 1.29 is 13.2 Å². The largest absolute Gasteiger partial charge is 0.379 e. The fourth-order valence-corrected chi connectivity index (χ4v) is 3.24. The third-order valence-corrected chi connectivity index (χ3v) is 4.53. The second-order valence-corrected chi connectivity index (χ2v) is 6.34. The van der Waals surface area contributed by atoms with Crippen LogP contribution in [0.1, 0.15) is 13.3 Å². The molecule has 1 heterocycles. The summed E-state index contributed by atoms with van der Waals surface area (Å²) in [6.07, 6.45) is 0.762. The van der Waals surface area contributed by atoms with Crippen LogP contribution >= 0.6 is 0 Å². The number of hydrazine groups is 1. The van der Waals surface area contributed by atoms with Gasteiger partial charge in [0.1, 0.15) is 4.90 Å². The number of morpholine rings is 1. The third-order valence-electron chi connectivity index (χ3n) is 3.01. The van der Waals surface area contributed by atoms with Gasteiger partial charge in [0.15, 0.2) is 0 Å². The second kappa shape index (κ2) is 7.03. The molecule has 0 bridgehead atoms. The average molecular weight is 299 g/mol. The quantitative estimate of drug-likeness (QED) is 0.821. The molecule has 2 rings (SSSR count). The van der Waals surface area contributed by atoms with E-state index in [1.54, 1.807) is 18.2 Å². The Balaban J connectivity index is 2.17. The minimum absolute atomic E-state index is 0.278. The molecular formula is C13H21N3O3S. The van der Waals surface area contributed by atoms with Crippen molar-refractivity contribution in [3.8, 4) is 0 Å². The smallest absolute Gasteiger partial charge is 0.242 e. The van der Waals surface area contributed by atoms with E-state index in [4.69, 9.17) is 4.74 Å². The molecule has 1 fully saturated rings. The maximum atomic E-state index is 12.3. The molecule has 1 aliphatic rings. The number of hydrogen-bond donors (Lipinski definition) is 2. The van der Waals surface area contributed by atoms with Crippen LogP contribution in [-0.2, 0) is 14.8 Å². The molecule has 0 saturated carbocycles. The van der Waals surface area contributed by atoms with Gasteiger partial charge in [-0.15, -0.1) is 0 Å². The van der Waals surface area contributed by atoms with Gasteiger partial charge in [-0.1, -0.05) is 19.1 Å². The molecule has 0 spiro atoms. The highest BCUT2D eigenvalue weighted by molar-refractivity contribution is 7.89. The van der Waals surface area contributed by atoms with E-state index in [1.807, 2.05) is 18.0 Å². The molecule has 0 radical (unpaired) electrons. The fourth-order valence-electron chi connectivity index (χ4n) is 1.95. The number of hydrogen-bond acceptors (Lipinski definition) is 5. The van der Waals surface area contributed by atoms with Crippen LogP contribution in [-0.4, -0.2) is 46.3 Å². The molecule has 7 heteroatoms. The van der Waals surface area contributed by atoms with Crippen LogP contribution in [0.5, 0.6) is 0 Å². The number of ether oxygens (including phenoxy) is 1. The highest BCUT2D eigenvalue weighted by Crippen LogP contribution is 2.21. The molecule has 0 unspecified atom stereocenters. The summed E-state index contributed by atoms with van der Waals surface area (Å²) in [5, 5.41) is 1.97. The number of rotatable bonds is 6. The number of sulfonamides is 1. The molecule has 1 saturated heterocycles. The third kappa shape index (κ3) is 3.92. The number of nitrogens with one attached hydrogen (secondary N) is 2. The average Bonchev–Trinajstić information content (AvgIpc) is 2.47. The maximum Gasteiger partial charge on any atom is 0.242 e. The Hall–Kier alpha value is -1.15. The Bertz CT molecular complexity index is 527. The van der Waals surface area contributed by atoms with E-state index in [1.165, 1.54) is 0 Å². The normalized spacial score (nSPS) is 17.1. The van der Waals surface area contributed by atoms with E-state index in [0.29, 0.717) is 25.4 Å². The van der Waals surface area contributed by atoms with Gasteiger partial charge in [-0.25, -0.2) is 18.1 Å². The SMILES string of the molecule is CCCNS(=O)(=O)c1ccccc1NN1CCOCC1. The van der Waals surface area contributed by atoms with Crippen molar-refractivity contribution in [1.29, 1.82) is 0 Å². The number of anilines is 1. The lowest BCUT2D eigenvalue weighted by Crippen LogP contribution is -2.40. The molecule has 6 nitrogen and oxygen atoms in total. The zero-order valence-electron chi connectivity index (χ0n) is 11.6. The second-order valence-electron chi connectivity index (χ2n) is 4.61. The van der Waals surface area contributed by atoms with Gasteiger partial charge in [0.05, 0.1) is 18.9 Å². The van der Waals surface area contributed by atoms with Gasteiger partial charge in [0, 0.05) is 19.6 Å². The number of nitrogens with zero attached hydrogens (tertiary/aromatic N) is 1. The van der Waals surface area contributed by atoms with Gasteiger partial charge >= 0.3 is 0 Å². The summed E-state index contributed by atoms with van der Waals surface area (Å²) in [6.45, 7) is 5.13. The van der Waals surface area contributed by atoms with Crippen molar-refractivity contribution >= 4 is 15.7 Å². The molecule has 20 heavy (non-hydrogen) atoms. The lowest BCUT2D eigenvalue weighted by atomic mass is 10.3. The lowest BCUT2D eigenvalue weighted by Gasteiger charge is -2.28. The zero-order chi connectivity index (χ0) is 14.4. The molecule has 1 aliphatic heterocycles. The van der Waals surface area contributed by atoms with Gasteiger partial charge in [-0.3, -0.25) is 0 Å². The van der Waals surface area contributed by atoms with E-state index in [-0.39, 0.29) is 4.90 Å². The highest BCUT2D eigenvalue weighted by atomic mass is 32.2. The molecular weight excluding hydrogens is 278 g/mol. The summed E-state index contributed by atoms with van der Waals surface area (Å²) in [6, 6.07) is 6.93. The summed E-state index contributed by atoms with van der Waals surface area (Å²) in [5.41, 5.74) is 3.76. The van der Waals surface area contributed by atoms with Gasteiger partial charge in [-0.05, 0) is 18.6 Å². The summed E-state index contributed by atoms with van der Waals surface area (Å²) < 4.78 is 32.4. The highest BCUT2D eigenvalue weighted by Gasteiger charge is 2.19. The minimum Gasteiger partial charge on any atom is -0.379 e. The van der Waals surface area contributed by atoms with Crippen LogP contribution in [0.4, 0.5) is 5.69 Å². The van der Waals surface area contributed by atoms with Crippen LogP contribution in [0, 0.1) is 0 Å². The van der Waals surface area contributed by atoms with E-state index in [9.17, 15) is 8.42 Å². The first kappa shape index (κ1) is 15.2. The first-order valence-electron chi connectivity index (χ1n) is 6.81. The Labute approximate surface area is 120 Å². The van der Waals surface area contributed by atoms with Gasteiger partial charge < -0.3 is 10.2 Å². The Morgan fingerprint density at radius 1 is 1.25 bits per heavy atom. The van der Waals surface area contributed by atoms with E-state index in [2.05, 4.69) is 10.1 Å². The topological polar surface area (TPSA) is 70.7 Å². The molecule has 0 amide bonds. The van der Waals surface area contributed by atoms with Crippen molar-refractivity contribution in [3.05, 3.63) is 24.3 Å². The van der Waals surface area contributed by atoms with Gasteiger partial charge in [0.2, 0.25) is 10.0 Å². The fraction of sp³-hybridized carbons (Fsp3) is 0.538. The molecule has 0 aromatic heterocycles. The van der Waals surface area contributed by atoms with Crippen molar-refractivity contribution in [2.75, 3.05) is 38.3 Å². The van der Waals surface area contributed by atoms with E-state index < -0.39 is 10.0 Å². The maximum absolute atomic E-state index is 12.3. The van der Waals surface area contributed by atoms with Crippen LogP contribution in [0.25, 0.3) is 0 Å². The standard InChI is InChI=1S/C13H21N3O3S/c1-2-7-14-20(17,18)13-6-4-3-5-12(13)15-16-8-10-19-11-9-16/h3-6,14-15H,2,7-11H2,1H3. The first-order chi connectivity index (χ1) is 9.63. The Morgan fingerprint density at radius 2 is 1.95 bits per heavy atom. The predicted molar refractivity (Wildman–Crippen MR) is 77.9 cm³/mol. The minimum atomic E-state index is -3.47. The summed E-state index contributed by atoms with van der Waals surface area (Å²) >= 11 is 0. The molecule has 1 aromatic carbocycles. The van der Waals surface area contributed by atoms with Crippen molar-refractivity contribution in [3.63, 3.8) is 0 Å². The zero-order valence-corrected chi connectivity index (χ0v) is 12.4. The predicted octanol–water partition coefficient (Wildman–Crippen LogP) is 1.03.